The molecule has 0 N–H and O–H groups in total. The number of carbonyl (C=O) groups is 1. The van der Waals surface area contributed by atoms with Gasteiger partial charge in [-0.05, 0) is 55.5 Å². The van der Waals surface area contributed by atoms with Gasteiger partial charge in [-0.15, -0.1) is 0 Å². The average molecular weight is 311 g/mol. The topological polar surface area (TPSA) is 39.2 Å². The van der Waals surface area contributed by atoms with Crippen LogP contribution in [-0.2, 0) is 11.3 Å². The van der Waals surface area contributed by atoms with Crippen LogP contribution >= 0.6 is 0 Å². The molecule has 0 amide bonds. The van der Waals surface area contributed by atoms with E-state index in [9.17, 15) is 4.79 Å². The minimum absolute atomic E-state index is 0.157. The van der Waals surface area contributed by atoms with Crippen molar-refractivity contribution in [3.8, 4) is 0 Å². The summed E-state index contributed by atoms with van der Waals surface area (Å²) in [6, 6.07) is 10.0. The van der Waals surface area contributed by atoms with Crippen molar-refractivity contribution in [2.45, 2.75) is 46.6 Å². The molecule has 3 heteroatoms. The number of ketones is 1. The SMILES string of the molecule is CCOCc1cc(C(C)CC(=O)c2c(C)cccc2C)ccn1. The Morgan fingerprint density at radius 2 is 1.91 bits per heavy atom. The number of ether oxygens (including phenoxy) is 1. The van der Waals surface area contributed by atoms with Crippen LogP contribution in [0.1, 0.15) is 58.9 Å². The predicted molar refractivity (Wildman–Crippen MR) is 92.8 cm³/mol. The molecule has 3 nitrogen and oxygen atoms in total. The fraction of sp³-hybridized carbons (Fsp3) is 0.400. The molecule has 0 aliphatic rings. The van der Waals surface area contributed by atoms with Gasteiger partial charge in [0, 0.05) is 24.8 Å². The van der Waals surface area contributed by atoms with E-state index >= 15 is 0 Å². The Morgan fingerprint density at radius 3 is 2.57 bits per heavy atom. The molecule has 0 aliphatic heterocycles. The van der Waals surface area contributed by atoms with Crippen molar-refractivity contribution in [1.29, 1.82) is 0 Å². The van der Waals surface area contributed by atoms with E-state index in [1.165, 1.54) is 0 Å². The molecule has 1 heterocycles. The largest absolute Gasteiger partial charge is 0.375 e. The van der Waals surface area contributed by atoms with E-state index in [0.29, 0.717) is 19.6 Å². The van der Waals surface area contributed by atoms with Crippen molar-refractivity contribution < 1.29 is 9.53 Å². The van der Waals surface area contributed by atoms with E-state index in [-0.39, 0.29) is 11.7 Å². The molecule has 2 aromatic rings. The number of rotatable bonds is 7. The molecule has 2 rings (SSSR count). The average Bonchev–Trinajstić information content (AvgIpc) is 2.53. The second-order valence-electron chi connectivity index (χ2n) is 6.01. The molecule has 1 aromatic carbocycles. The first-order valence-corrected chi connectivity index (χ1v) is 8.15. The van der Waals surface area contributed by atoms with E-state index in [0.717, 1.165) is 27.9 Å². The minimum atomic E-state index is 0.157. The molecule has 0 fully saturated rings. The fourth-order valence-corrected chi connectivity index (χ4v) is 2.84. The molecular formula is C20H25NO2. The van der Waals surface area contributed by atoms with Crippen molar-refractivity contribution in [1.82, 2.24) is 4.98 Å². The molecule has 1 atom stereocenters. The second-order valence-corrected chi connectivity index (χ2v) is 6.01. The number of aromatic nitrogens is 1. The summed E-state index contributed by atoms with van der Waals surface area (Å²) < 4.78 is 5.41. The number of Topliss-reactive ketones (excluding diaryl/α,β-unsaturated/α-hetero) is 1. The number of hydrogen-bond acceptors (Lipinski definition) is 3. The van der Waals surface area contributed by atoms with Crippen molar-refractivity contribution in [2.75, 3.05) is 6.61 Å². The van der Waals surface area contributed by atoms with Crippen LogP contribution in [0.4, 0.5) is 0 Å². The smallest absolute Gasteiger partial charge is 0.164 e. The molecule has 0 saturated carbocycles. The van der Waals surface area contributed by atoms with Crippen LogP contribution < -0.4 is 0 Å². The molecule has 0 spiro atoms. The summed E-state index contributed by atoms with van der Waals surface area (Å²) in [4.78, 5) is 17.0. The number of pyridine rings is 1. The van der Waals surface area contributed by atoms with Crippen LogP contribution in [0.15, 0.2) is 36.5 Å². The number of nitrogens with zero attached hydrogens (tertiary/aromatic N) is 1. The number of aryl methyl sites for hydroxylation is 2. The maximum atomic E-state index is 12.7. The van der Waals surface area contributed by atoms with Crippen LogP contribution in [0.2, 0.25) is 0 Å². The lowest BCUT2D eigenvalue weighted by Gasteiger charge is -2.14. The van der Waals surface area contributed by atoms with E-state index in [2.05, 4.69) is 11.9 Å². The molecule has 0 radical (unpaired) electrons. The Hall–Kier alpha value is -2.00. The van der Waals surface area contributed by atoms with Gasteiger partial charge in [-0.25, -0.2) is 0 Å². The first-order chi connectivity index (χ1) is 11.0. The maximum Gasteiger partial charge on any atom is 0.164 e. The summed E-state index contributed by atoms with van der Waals surface area (Å²) in [5.41, 5.74) is 5.01. The van der Waals surface area contributed by atoms with Crippen LogP contribution in [0.3, 0.4) is 0 Å². The van der Waals surface area contributed by atoms with Crippen molar-refractivity contribution >= 4 is 5.78 Å². The zero-order valence-electron chi connectivity index (χ0n) is 14.4. The quantitative estimate of drug-likeness (QED) is 0.701. The van der Waals surface area contributed by atoms with Gasteiger partial charge >= 0.3 is 0 Å². The van der Waals surface area contributed by atoms with Gasteiger partial charge in [0.15, 0.2) is 5.78 Å². The highest BCUT2D eigenvalue weighted by Crippen LogP contribution is 2.24. The minimum Gasteiger partial charge on any atom is -0.375 e. The molecule has 1 aromatic heterocycles. The van der Waals surface area contributed by atoms with Gasteiger partial charge in [0.1, 0.15) is 0 Å². The first-order valence-electron chi connectivity index (χ1n) is 8.15. The van der Waals surface area contributed by atoms with E-state index < -0.39 is 0 Å². The summed E-state index contributed by atoms with van der Waals surface area (Å²) in [6.45, 7) is 9.24. The zero-order valence-corrected chi connectivity index (χ0v) is 14.4. The highest BCUT2D eigenvalue weighted by Gasteiger charge is 2.17. The van der Waals surface area contributed by atoms with Crippen molar-refractivity contribution in [3.05, 3.63) is 64.5 Å². The highest BCUT2D eigenvalue weighted by atomic mass is 16.5. The Kier molecular flexibility index (Phi) is 6.05. The fourth-order valence-electron chi connectivity index (χ4n) is 2.84. The molecule has 122 valence electrons. The number of hydrogen-bond donors (Lipinski definition) is 0. The summed E-state index contributed by atoms with van der Waals surface area (Å²) in [5, 5.41) is 0. The Bertz CT molecular complexity index is 659. The van der Waals surface area contributed by atoms with Gasteiger partial charge in [0.2, 0.25) is 0 Å². The van der Waals surface area contributed by atoms with Crippen LogP contribution in [0.5, 0.6) is 0 Å². The van der Waals surface area contributed by atoms with Gasteiger partial charge in [0.25, 0.3) is 0 Å². The second kappa shape index (κ2) is 8.02. The lowest BCUT2D eigenvalue weighted by Crippen LogP contribution is -2.09. The van der Waals surface area contributed by atoms with Crippen LogP contribution in [0, 0.1) is 13.8 Å². The molecule has 0 saturated heterocycles. The molecular weight excluding hydrogens is 286 g/mol. The number of benzene rings is 1. The Morgan fingerprint density at radius 1 is 1.22 bits per heavy atom. The van der Waals surface area contributed by atoms with Crippen molar-refractivity contribution in [2.24, 2.45) is 0 Å². The summed E-state index contributed by atoms with van der Waals surface area (Å²) >= 11 is 0. The lowest BCUT2D eigenvalue weighted by atomic mass is 9.90. The highest BCUT2D eigenvalue weighted by molar-refractivity contribution is 5.99. The van der Waals surface area contributed by atoms with Gasteiger partial charge in [-0.2, -0.15) is 0 Å². The van der Waals surface area contributed by atoms with E-state index in [1.807, 2.05) is 51.1 Å². The van der Waals surface area contributed by atoms with Gasteiger partial charge in [-0.1, -0.05) is 25.1 Å². The van der Waals surface area contributed by atoms with Crippen LogP contribution in [-0.4, -0.2) is 17.4 Å². The van der Waals surface area contributed by atoms with E-state index in [1.54, 1.807) is 6.20 Å². The molecule has 0 bridgehead atoms. The number of carbonyl (C=O) groups excluding carboxylic acids is 1. The third-order valence-electron chi connectivity index (χ3n) is 4.12. The van der Waals surface area contributed by atoms with Crippen LogP contribution in [0.25, 0.3) is 0 Å². The lowest BCUT2D eigenvalue weighted by molar-refractivity contribution is 0.0974. The summed E-state index contributed by atoms with van der Waals surface area (Å²) in [6.07, 6.45) is 2.30. The van der Waals surface area contributed by atoms with E-state index in [4.69, 9.17) is 4.74 Å². The van der Waals surface area contributed by atoms with Gasteiger partial charge < -0.3 is 4.74 Å². The summed E-state index contributed by atoms with van der Waals surface area (Å²) in [7, 11) is 0. The predicted octanol–water partition coefficient (Wildman–Crippen LogP) is 4.61. The first kappa shape index (κ1) is 17.4. The Balaban J connectivity index is 2.12. The Labute approximate surface area is 138 Å². The molecule has 0 aliphatic carbocycles. The summed E-state index contributed by atoms with van der Waals surface area (Å²) in [5.74, 6) is 0.362. The standard InChI is InChI=1S/C20H25NO2/c1-5-23-13-18-12-17(9-10-21-18)16(4)11-19(22)20-14(2)7-6-8-15(20)3/h6-10,12,16H,5,11,13H2,1-4H3. The molecule has 1 unspecified atom stereocenters. The maximum absolute atomic E-state index is 12.7. The monoisotopic (exact) mass is 311 g/mol. The third-order valence-corrected chi connectivity index (χ3v) is 4.12. The zero-order chi connectivity index (χ0) is 16.8. The van der Waals surface area contributed by atoms with Gasteiger partial charge in [0.05, 0.1) is 12.3 Å². The third kappa shape index (κ3) is 4.49. The van der Waals surface area contributed by atoms with Gasteiger partial charge in [-0.3, -0.25) is 9.78 Å². The molecule has 23 heavy (non-hydrogen) atoms. The normalized spacial score (nSPS) is 12.2. The van der Waals surface area contributed by atoms with Crippen molar-refractivity contribution in [3.63, 3.8) is 0 Å².